The molecule has 0 atom stereocenters. The molecule has 3 nitrogen and oxygen atoms in total. The second kappa shape index (κ2) is 13.6. The molecule has 0 saturated carbocycles. The van der Waals surface area contributed by atoms with E-state index in [-0.39, 0.29) is 29.0 Å². The first kappa shape index (κ1) is 22.2. The van der Waals surface area contributed by atoms with Crippen LogP contribution in [-0.4, -0.2) is 14.2 Å². The van der Waals surface area contributed by atoms with Crippen molar-refractivity contribution in [1.82, 2.24) is 0 Å². The molecule has 0 amide bonds. The number of unbranched alkanes of at least 4 members (excludes halogenated alkanes) is 5. The molecule has 0 aromatic heterocycles. The van der Waals surface area contributed by atoms with Crippen LogP contribution in [0.2, 0.25) is 3.63 Å². The predicted octanol–water partition coefficient (Wildman–Crippen LogP) is 5.32. The zero-order valence-corrected chi connectivity index (χ0v) is 17.3. The third kappa shape index (κ3) is 13.8. The van der Waals surface area contributed by atoms with Crippen LogP contribution in [0.25, 0.3) is 0 Å². The third-order valence-corrected chi connectivity index (χ3v) is 7.31. The van der Waals surface area contributed by atoms with E-state index < -0.39 is 10.1 Å². The van der Waals surface area contributed by atoms with E-state index in [0.717, 1.165) is 29.3 Å². The van der Waals surface area contributed by atoms with Crippen LogP contribution in [0.3, 0.4) is 0 Å². The molecule has 0 radical (unpaired) electrons. The Morgan fingerprint density at radius 1 is 1.23 bits per heavy atom. The van der Waals surface area contributed by atoms with E-state index in [0.29, 0.717) is 6.42 Å². The molecule has 22 heavy (non-hydrogen) atoms. The fourth-order valence-electron chi connectivity index (χ4n) is 2.02. The Balaban J connectivity index is 0.000000425. The zero-order chi connectivity index (χ0) is 16.8. The molecule has 0 aromatic rings. The van der Waals surface area contributed by atoms with Crippen molar-refractivity contribution in [3.63, 3.8) is 0 Å². The summed E-state index contributed by atoms with van der Waals surface area (Å²) in [5.41, 5.74) is 0. The van der Waals surface area contributed by atoms with Gasteiger partial charge in [0.25, 0.3) is 10.1 Å². The van der Waals surface area contributed by atoms with Crippen molar-refractivity contribution >= 4 is 10.1 Å². The van der Waals surface area contributed by atoms with Crippen LogP contribution in [-0.2, 0) is 37.7 Å². The van der Waals surface area contributed by atoms with E-state index in [4.69, 9.17) is 0 Å². The Labute approximate surface area is 147 Å². The molecule has 0 unspecified atom stereocenters. The zero-order valence-electron chi connectivity index (χ0n) is 14.0. The maximum atomic E-state index is 11.3. The van der Waals surface area contributed by atoms with Crippen LogP contribution in [0.5, 0.6) is 0 Å². The molecule has 1 aliphatic carbocycles. The first-order valence-electron chi connectivity index (χ1n) is 8.06. The van der Waals surface area contributed by atoms with Crippen LogP contribution in [0, 0.1) is 0 Å². The van der Waals surface area contributed by atoms with Crippen molar-refractivity contribution in [2.24, 2.45) is 0 Å². The van der Waals surface area contributed by atoms with Gasteiger partial charge in [-0.2, -0.15) is 8.42 Å². The van der Waals surface area contributed by atoms with Gasteiger partial charge < -0.3 is 0 Å². The Hall–Kier alpha value is 0.203. The first-order valence-corrected chi connectivity index (χ1v) is 12.3. The van der Waals surface area contributed by atoms with Crippen molar-refractivity contribution in [1.29, 1.82) is 0 Å². The number of rotatable bonds is 10. The second-order valence-corrected chi connectivity index (χ2v) is 12.5. The van der Waals surface area contributed by atoms with Crippen LogP contribution in [0.1, 0.15) is 65.7 Å². The Bertz CT molecular complexity index is 431. The van der Waals surface area contributed by atoms with Crippen molar-refractivity contribution in [2.75, 3.05) is 5.75 Å². The van der Waals surface area contributed by atoms with Crippen LogP contribution >= 0.6 is 0 Å². The minimum absolute atomic E-state index is 0.136. The van der Waals surface area contributed by atoms with Gasteiger partial charge in [0.05, 0.1) is 5.75 Å². The van der Waals surface area contributed by atoms with Gasteiger partial charge in [-0.15, -0.1) is 0 Å². The van der Waals surface area contributed by atoms with Gasteiger partial charge >= 0.3 is 68.6 Å². The SMILES string of the molecule is CCCCCCCCS(=O)(=O)OF.C[CH](C)[Zr][C]1=CC=CC1. The molecule has 0 saturated heterocycles. The molecular formula is C16H29FO3SZr. The molecule has 1 aliphatic rings. The fraction of sp³-hybridized carbons (Fsp3) is 0.750. The van der Waals surface area contributed by atoms with Crippen molar-refractivity contribution < 1.29 is 40.6 Å². The van der Waals surface area contributed by atoms with E-state index in [1.807, 2.05) is 0 Å². The van der Waals surface area contributed by atoms with E-state index in [9.17, 15) is 12.9 Å². The van der Waals surface area contributed by atoms with Gasteiger partial charge in [0, 0.05) is 0 Å². The van der Waals surface area contributed by atoms with Gasteiger partial charge in [0.1, 0.15) is 0 Å². The molecule has 0 spiro atoms. The third-order valence-electron chi connectivity index (χ3n) is 3.09. The number of allylic oxidation sites excluding steroid dienone is 4. The summed E-state index contributed by atoms with van der Waals surface area (Å²) >= 11 is -0.136. The molecule has 0 bridgehead atoms. The summed E-state index contributed by atoms with van der Waals surface area (Å²) in [6.07, 6.45) is 13.8. The van der Waals surface area contributed by atoms with Crippen LogP contribution in [0.15, 0.2) is 21.5 Å². The summed E-state index contributed by atoms with van der Waals surface area (Å²) in [5.74, 6) is -0.213. The van der Waals surface area contributed by atoms with Crippen LogP contribution in [0.4, 0.5) is 4.53 Å². The Kier molecular flexibility index (Phi) is 13.8. The van der Waals surface area contributed by atoms with Gasteiger partial charge in [-0.1, -0.05) is 43.4 Å². The summed E-state index contributed by atoms with van der Waals surface area (Å²) in [4.78, 5) is 0. The topological polar surface area (TPSA) is 43.4 Å². The van der Waals surface area contributed by atoms with Crippen molar-refractivity contribution in [2.45, 2.75) is 69.3 Å². The molecule has 1 rings (SSSR count). The predicted molar refractivity (Wildman–Crippen MR) is 86.3 cm³/mol. The van der Waals surface area contributed by atoms with Gasteiger partial charge in [0.2, 0.25) is 0 Å². The Morgan fingerprint density at radius 3 is 2.36 bits per heavy atom. The molecule has 0 N–H and O–H groups in total. The second-order valence-electron chi connectivity index (χ2n) is 5.72. The molecule has 0 fully saturated rings. The normalized spacial score (nSPS) is 13.8. The van der Waals surface area contributed by atoms with Gasteiger partial charge in [-0.05, 0) is 10.9 Å². The van der Waals surface area contributed by atoms with E-state index >= 15 is 0 Å². The number of hydrogen-bond donors (Lipinski definition) is 0. The maximum absolute atomic E-state index is 11.3. The minimum atomic E-state index is -3.88. The summed E-state index contributed by atoms with van der Waals surface area (Å²) in [6, 6.07) is 0. The van der Waals surface area contributed by atoms with E-state index in [1.165, 1.54) is 12.8 Å². The fourth-order valence-corrected chi connectivity index (χ4v) is 5.51. The quantitative estimate of drug-likeness (QED) is 0.457. The summed E-state index contributed by atoms with van der Waals surface area (Å²) in [5, 5.41) is 0. The van der Waals surface area contributed by atoms with Gasteiger partial charge in [-0.3, -0.25) is 0 Å². The number of hydrogen-bond acceptors (Lipinski definition) is 3. The first-order chi connectivity index (χ1) is 10.4. The molecule has 6 heteroatoms. The average Bonchev–Trinajstić information content (AvgIpc) is 2.95. The summed E-state index contributed by atoms with van der Waals surface area (Å²) in [6.45, 7) is 6.79. The van der Waals surface area contributed by atoms with E-state index in [1.54, 1.807) is 3.28 Å². The molecule has 128 valence electrons. The summed E-state index contributed by atoms with van der Waals surface area (Å²) < 4.78 is 37.9. The molecule has 0 aliphatic heterocycles. The van der Waals surface area contributed by atoms with Crippen molar-refractivity contribution in [3.05, 3.63) is 21.5 Å². The summed E-state index contributed by atoms with van der Waals surface area (Å²) in [7, 11) is -3.88. The van der Waals surface area contributed by atoms with E-state index in [2.05, 4.69) is 43.4 Å². The van der Waals surface area contributed by atoms with Crippen molar-refractivity contribution in [3.8, 4) is 0 Å². The van der Waals surface area contributed by atoms with Gasteiger partial charge in [-0.25, -0.2) is 0 Å². The molecule has 0 aromatic carbocycles. The Morgan fingerprint density at radius 2 is 1.86 bits per heavy atom. The average molecular weight is 412 g/mol. The van der Waals surface area contributed by atoms with Gasteiger partial charge in [0.15, 0.2) is 0 Å². The number of halogens is 1. The molecule has 0 heterocycles. The standard InChI is InChI=1S/C8H17FO3S.C5H5.C3H7.Zr/c1-2-3-4-5-6-7-8-13(10,11)12-9;1-2-4-5-3-1;1-3-2;/h2-8H2,1H3;1-3H,4H2;3H,1-2H3;. The van der Waals surface area contributed by atoms with Crippen LogP contribution < -0.4 is 0 Å². The molecular weight excluding hydrogens is 382 g/mol. The monoisotopic (exact) mass is 410 g/mol.